The van der Waals surface area contributed by atoms with Crippen LogP contribution >= 0.6 is 0 Å². The minimum Gasteiger partial charge on any atom is -0.486 e. The summed E-state index contributed by atoms with van der Waals surface area (Å²) in [6, 6.07) is 19.4. The Hall–Kier alpha value is -3.80. The Morgan fingerprint density at radius 2 is 1.74 bits per heavy atom. The van der Waals surface area contributed by atoms with Gasteiger partial charge in [-0.3, -0.25) is 4.79 Å². The van der Waals surface area contributed by atoms with E-state index in [-0.39, 0.29) is 5.78 Å². The number of anilines is 1. The van der Waals surface area contributed by atoms with E-state index in [9.17, 15) is 4.79 Å². The molecule has 0 unspecified atom stereocenters. The number of nitrogens with zero attached hydrogens (tertiary/aromatic N) is 2. The highest BCUT2D eigenvalue weighted by Crippen LogP contribution is 2.34. The second-order valence-electron chi connectivity index (χ2n) is 7.84. The van der Waals surface area contributed by atoms with Gasteiger partial charge < -0.3 is 19.4 Å². The number of carbonyl (C=O) groups excluding carboxylic acids is 1. The van der Waals surface area contributed by atoms with Crippen molar-refractivity contribution in [3.8, 4) is 22.9 Å². The molecule has 0 saturated carbocycles. The topological polar surface area (TPSA) is 67.5 Å². The van der Waals surface area contributed by atoms with Gasteiger partial charge in [0.05, 0.1) is 11.0 Å². The molecule has 0 bridgehead atoms. The minimum absolute atomic E-state index is 0.0937. The Bertz CT molecular complexity index is 1260. The molecule has 6 heteroatoms. The first-order valence-electron chi connectivity index (χ1n) is 10.3. The van der Waals surface area contributed by atoms with Crippen LogP contribution in [0.15, 0.2) is 60.7 Å². The van der Waals surface area contributed by atoms with E-state index < -0.39 is 0 Å². The van der Waals surface area contributed by atoms with E-state index >= 15 is 0 Å². The molecule has 0 atom stereocenters. The molecule has 31 heavy (non-hydrogen) atoms. The molecule has 3 aromatic carbocycles. The molecule has 2 heterocycles. The molecule has 4 aromatic rings. The third kappa shape index (κ3) is 3.84. The van der Waals surface area contributed by atoms with Crippen molar-refractivity contribution in [2.75, 3.05) is 32.2 Å². The van der Waals surface area contributed by atoms with Crippen molar-refractivity contribution in [3.05, 3.63) is 71.8 Å². The maximum Gasteiger partial charge on any atom is 0.167 e. The molecule has 0 amide bonds. The second kappa shape index (κ2) is 7.80. The van der Waals surface area contributed by atoms with Gasteiger partial charge in [-0.25, -0.2) is 4.98 Å². The first-order valence-corrected chi connectivity index (χ1v) is 10.3. The summed E-state index contributed by atoms with van der Waals surface area (Å²) in [5.41, 5.74) is 5.43. The summed E-state index contributed by atoms with van der Waals surface area (Å²) in [6.07, 6.45) is 0.343. The predicted octanol–water partition coefficient (Wildman–Crippen LogP) is 4.49. The molecule has 0 aliphatic carbocycles. The predicted molar refractivity (Wildman–Crippen MR) is 121 cm³/mol. The molecule has 156 valence electrons. The van der Waals surface area contributed by atoms with E-state index in [0.29, 0.717) is 25.2 Å². The lowest BCUT2D eigenvalue weighted by Crippen LogP contribution is -2.15. The fraction of sp³-hybridized carbons (Fsp3) is 0.200. The fourth-order valence-corrected chi connectivity index (χ4v) is 3.73. The van der Waals surface area contributed by atoms with Crippen LogP contribution in [0.3, 0.4) is 0 Å². The molecule has 1 aliphatic rings. The lowest BCUT2D eigenvalue weighted by molar-refractivity contribution is 0.0993. The Morgan fingerprint density at radius 1 is 0.968 bits per heavy atom. The van der Waals surface area contributed by atoms with Crippen LogP contribution in [-0.2, 0) is 6.42 Å². The summed E-state index contributed by atoms with van der Waals surface area (Å²) < 4.78 is 11.3. The molecule has 1 aromatic heterocycles. The molecule has 0 radical (unpaired) electrons. The highest BCUT2D eigenvalue weighted by atomic mass is 16.6. The van der Waals surface area contributed by atoms with Crippen LogP contribution in [0.25, 0.3) is 22.4 Å². The summed E-state index contributed by atoms with van der Waals surface area (Å²) in [5.74, 6) is 2.34. The third-order valence-corrected chi connectivity index (χ3v) is 5.43. The number of ether oxygens (including phenoxy) is 2. The molecule has 0 saturated heterocycles. The first kappa shape index (κ1) is 19.2. The number of rotatable bonds is 5. The zero-order chi connectivity index (χ0) is 21.4. The van der Waals surface area contributed by atoms with Crippen LogP contribution in [0.1, 0.15) is 15.9 Å². The number of ketones is 1. The average Bonchev–Trinajstić information content (AvgIpc) is 3.22. The van der Waals surface area contributed by atoms with Gasteiger partial charge in [0.25, 0.3) is 0 Å². The maximum atomic E-state index is 12.7. The van der Waals surface area contributed by atoms with E-state index in [4.69, 9.17) is 14.5 Å². The van der Waals surface area contributed by atoms with Gasteiger partial charge in [-0.05, 0) is 60.2 Å². The van der Waals surface area contributed by atoms with E-state index in [1.54, 1.807) is 0 Å². The lowest BCUT2D eigenvalue weighted by atomic mass is 10.0. The third-order valence-electron chi connectivity index (χ3n) is 5.43. The van der Waals surface area contributed by atoms with Gasteiger partial charge in [0, 0.05) is 37.3 Å². The smallest absolute Gasteiger partial charge is 0.167 e. The van der Waals surface area contributed by atoms with Gasteiger partial charge in [0.2, 0.25) is 0 Å². The molecule has 0 fully saturated rings. The van der Waals surface area contributed by atoms with Crippen LogP contribution < -0.4 is 14.4 Å². The van der Waals surface area contributed by atoms with E-state index in [0.717, 1.165) is 45.2 Å². The Kier molecular flexibility index (Phi) is 4.82. The molecule has 1 aliphatic heterocycles. The van der Waals surface area contributed by atoms with E-state index in [2.05, 4.69) is 4.98 Å². The van der Waals surface area contributed by atoms with Gasteiger partial charge in [-0.2, -0.15) is 0 Å². The summed E-state index contributed by atoms with van der Waals surface area (Å²) in [5, 5.41) is 0. The fourth-order valence-electron chi connectivity index (χ4n) is 3.73. The SMILES string of the molecule is CN(C)c1ccc(C(=O)Cc2ccc3nc(-c4ccc5c(c4)OCCO5)[nH]c3c2)cc1. The molecule has 5 rings (SSSR count). The summed E-state index contributed by atoms with van der Waals surface area (Å²) in [7, 11) is 3.96. The highest BCUT2D eigenvalue weighted by Gasteiger charge is 2.15. The van der Waals surface area contributed by atoms with Gasteiger partial charge in [0.1, 0.15) is 19.0 Å². The van der Waals surface area contributed by atoms with Crippen molar-refractivity contribution in [1.29, 1.82) is 0 Å². The second-order valence-corrected chi connectivity index (χ2v) is 7.84. The van der Waals surface area contributed by atoms with Crippen LogP contribution in [0, 0.1) is 0 Å². The standard InChI is InChI=1S/C25H23N3O3/c1-28(2)19-7-4-17(5-8-19)22(29)14-16-3-9-20-21(13-16)27-25(26-20)18-6-10-23-24(15-18)31-12-11-30-23/h3-10,13,15H,11-12,14H2,1-2H3,(H,26,27). The van der Waals surface area contributed by atoms with Crippen molar-refractivity contribution in [2.24, 2.45) is 0 Å². The summed E-state index contributed by atoms with van der Waals surface area (Å²) in [4.78, 5) is 22.8. The Balaban J connectivity index is 1.37. The van der Waals surface area contributed by atoms with Gasteiger partial charge >= 0.3 is 0 Å². The number of carbonyl (C=O) groups is 1. The van der Waals surface area contributed by atoms with Crippen LogP contribution in [0.2, 0.25) is 0 Å². The largest absolute Gasteiger partial charge is 0.486 e. The monoisotopic (exact) mass is 413 g/mol. The molecule has 0 spiro atoms. The van der Waals surface area contributed by atoms with Crippen LogP contribution in [-0.4, -0.2) is 43.1 Å². The number of aromatic nitrogens is 2. The quantitative estimate of drug-likeness (QED) is 0.488. The number of fused-ring (bicyclic) bond motifs is 2. The number of H-pyrrole nitrogens is 1. The number of benzene rings is 3. The van der Waals surface area contributed by atoms with Crippen molar-refractivity contribution >= 4 is 22.5 Å². The zero-order valence-corrected chi connectivity index (χ0v) is 17.5. The summed E-state index contributed by atoms with van der Waals surface area (Å²) >= 11 is 0. The number of aromatic amines is 1. The number of Topliss-reactive ketones (excluding diaryl/α,β-unsaturated/α-hetero) is 1. The maximum absolute atomic E-state index is 12.7. The number of hydrogen-bond acceptors (Lipinski definition) is 5. The minimum atomic E-state index is 0.0937. The number of nitrogens with one attached hydrogen (secondary N) is 1. The molecular weight excluding hydrogens is 390 g/mol. The van der Waals surface area contributed by atoms with Crippen molar-refractivity contribution in [3.63, 3.8) is 0 Å². The molecular formula is C25H23N3O3. The average molecular weight is 413 g/mol. The zero-order valence-electron chi connectivity index (χ0n) is 17.5. The van der Waals surface area contributed by atoms with Gasteiger partial charge in [-0.15, -0.1) is 0 Å². The van der Waals surface area contributed by atoms with E-state index in [1.165, 1.54) is 0 Å². The van der Waals surface area contributed by atoms with Crippen molar-refractivity contribution < 1.29 is 14.3 Å². The van der Waals surface area contributed by atoms with Gasteiger partial charge in [-0.1, -0.05) is 6.07 Å². The van der Waals surface area contributed by atoms with Gasteiger partial charge in [0.15, 0.2) is 17.3 Å². The summed E-state index contributed by atoms with van der Waals surface area (Å²) in [6.45, 7) is 1.12. The molecule has 1 N–H and O–H groups in total. The Morgan fingerprint density at radius 3 is 2.52 bits per heavy atom. The van der Waals surface area contributed by atoms with Crippen LogP contribution in [0.5, 0.6) is 11.5 Å². The number of imidazole rings is 1. The van der Waals surface area contributed by atoms with E-state index in [1.807, 2.05) is 79.7 Å². The van der Waals surface area contributed by atoms with Crippen LogP contribution in [0.4, 0.5) is 5.69 Å². The molecule has 6 nitrogen and oxygen atoms in total. The first-order chi connectivity index (χ1) is 15.1. The lowest BCUT2D eigenvalue weighted by Gasteiger charge is -2.18. The number of hydrogen-bond donors (Lipinski definition) is 1. The normalized spacial score (nSPS) is 12.7. The van der Waals surface area contributed by atoms with Crippen molar-refractivity contribution in [2.45, 2.75) is 6.42 Å². The highest BCUT2D eigenvalue weighted by molar-refractivity contribution is 5.98. The van der Waals surface area contributed by atoms with Crippen molar-refractivity contribution in [1.82, 2.24) is 9.97 Å². The Labute approximate surface area is 180 Å².